The van der Waals surface area contributed by atoms with Gasteiger partial charge < -0.3 is 4.74 Å². The maximum atomic E-state index is 9.98. The van der Waals surface area contributed by atoms with Crippen molar-refractivity contribution in [2.75, 3.05) is 7.11 Å². The van der Waals surface area contributed by atoms with E-state index in [9.17, 15) is 4.79 Å². The van der Waals surface area contributed by atoms with Gasteiger partial charge in [-0.3, -0.25) is 0 Å². The highest BCUT2D eigenvalue weighted by Gasteiger charge is 2.07. The molecule has 0 saturated heterocycles. The lowest BCUT2D eigenvalue weighted by Crippen LogP contribution is -1.93. The first kappa shape index (κ1) is 10.8. The first-order valence-electron chi connectivity index (χ1n) is 4.05. The average Bonchev–Trinajstić information content (AvgIpc) is 2.14. The molecule has 0 heterocycles. The first-order valence-corrected chi connectivity index (χ1v) is 4.43. The van der Waals surface area contributed by atoms with E-state index >= 15 is 0 Å². The van der Waals surface area contributed by atoms with Crippen LogP contribution in [-0.4, -0.2) is 13.2 Å². The van der Waals surface area contributed by atoms with E-state index < -0.39 is 0 Å². The Morgan fingerprint density at radius 3 is 2.86 bits per heavy atom. The standard InChI is InChI=1S/C10H10ClNO2/c1-7-3-8(5-12-6-13)10(14-2)9(11)4-7/h3-4H,5H2,1-2H3. The van der Waals surface area contributed by atoms with Crippen LogP contribution in [0.1, 0.15) is 11.1 Å². The predicted octanol–water partition coefficient (Wildman–Crippen LogP) is 2.49. The second-order valence-corrected chi connectivity index (χ2v) is 3.25. The third kappa shape index (κ3) is 2.34. The van der Waals surface area contributed by atoms with Crippen LogP contribution in [0.3, 0.4) is 0 Å². The van der Waals surface area contributed by atoms with Gasteiger partial charge in [0.2, 0.25) is 6.08 Å². The quantitative estimate of drug-likeness (QED) is 0.569. The molecule has 1 aromatic rings. The lowest BCUT2D eigenvalue weighted by Gasteiger charge is -2.08. The van der Waals surface area contributed by atoms with Crippen molar-refractivity contribution < 1.29 is 9.53 Å². The number of methoxy groups -OCH3 is 1. The van der Waals surface area contributed by atoms with Crippen LogP contribution in [0, 0.1) is 6.92 Å². The molecular weight excluding hydrogens is 202 g/mol. The second-order valence-electron chi connectivity index (χ2n) is 2.85. The van der Waals surface area contributed by atoms with Crippen molar-refractivity contribution in [1.82, 2.24) is 0 Å². The van der Waals surface area contributed by atoms with E-state index in [1.807, 2.05) is 13.0 Å². The molecule has 0 fully saturated rings. The van der Waals surface area contributed by atoms with Crippen molar-refractivity contribution in [3.8, 4) is 5.75 Å². The van der Waals surface area contributed by atoms with Crippen molar-refractivity contribution in [2.45, 2.75) is 13.5 Å². The molecule has 0 saturated carbocycles. The normalized spacial score (nSPS) is 9.36. The van der Waals surface area contributed by atoms with Crippen molar-refractivity contribution in [1.29, 1.82) is 0 Å². The van der Waals surface area contributed by atoms with Gasteiger partial charge in [-0.05, 0) is 18.6 Å². The van der Waals surface area contributed by atoms with E-state index in [-0.39, 0.29) is 6.54 Å². The summed E-state index contributed by atoms with van der Waals surface area (Å²) >= 11 is 5.95. The minimum absolute atomic E-state index is 0.244. The zero-order valence-corrected chi connectivity index (χ0v) is 8.76. The molecule has 0 N–H and O–H groups in total. The lowest BCUT2D eigenvalue weighted by atomic mass is 10.1. The summed E-state index contributed by atoms with van der Waals surface area (Å²) in [6, 6.07) is 3.68. The van der Waals surface area contributed by atoms with Crippen molar-refractivity contribution in [3.63, 3.8) is 0 Å². The fourth-order valence-corrected chi connectivity index (χ4v) is 1.63. The Kier molecular flexibility index (Phi) is 3.69. The molecular formula is C10H10ClNO2. The number of rotatable bonds is 3. The SMILES string of the molecule is COc1c(Cl)cc(C)cc1CN=C=O. The van der Waals surface area contributed by atoms with Crippen LogP contribution in [-0.2, 0) is 11.3 Å². The number of hydrogen-bond donors (Lipinski definition) is 0. The molecule has 0 aliphatic heterocycles. The molecule has 0 amide bonds. The highest BCUT2D eigenvalue weighted by atomic mass is 35.5. The topological polar surface area (TPSA) is 38.7 Å². The van der Waals surface area contributed by atoms with Crippen LogP contribution >= 0.6 is 11.6 Å². The van der Waals surface area contributed by atoms with Gasteiger partial charge in [0.05, 0.1) is 18.7 Å². The van der Waals surface area contributed by atoms with E-state index in [1.54, 1.807) is 6.07 Å². The zero-order chi connectivity index (χ0) is 10.6. The van der Waals surface area contributed by atoms with Gasteiger partial charge in [0.1, 0.15) is 5.75 Å². The van der Waals surface area contributed by atoms with Gasteiger partial charge in [0.15, 0.2) is 0 Å². The van der Waals surface area contributed by atoms with Crippen LogP contribution in [0.5, 0.6) is 5.75 Å². The lowest BCUT2D eigenvalue weighted by molar-refractivity contribution is 0.410. The van der Waals surface area contributed by atoms with E-state index in [1.165, 1.54) is 13.2 Å². The summed E-state index contributed by atoms with van der Waals surface area (Å²) in [6.45, 7) is 2.16. The molecule has 0 unspecified atom stereocenters. The van der Waals surface area contributed by atoms with Crippen molar-refractivity contribution >= 4 is 17.7 Å². The highest BCUT2D eigenvalue weighted by Crippen LogP contribution is 2.30. The molecule has 4 heteroatoms. The molecule has 0 radical (unpaired) electrons. The van der Waals surface area contributed by atoms with Crippen LogP contribution in [0.2, 0.25) is 5.02 Å². The maximum absolute atomic E-state index is 9.98. The molecule has 0 bridgehead atoms. The van der Waals surface area contributed by atoms with Crippen molar-refractivity contribution in [2.24, 2.45) is 4.99 Å². The molecule has 1 aromatic carbocycles. The summed E-state index contributed by atoms with van der Waals surface area (Å²) in [7, 11) is 1.53. The van der Waals surface area contributed by atoms with E-state index in [2.05, 4.69) is 4.99 Å². The molecule has 0 aromatic heterocycles. The number of benzene rings is 1. The van der Waals surface area contributed by atoms with Crippen LogP contribution < -0.4 is 4.74 Å². The smallest absolute Gasteiger partial charge is 0.235 e. The van der Waals surface area contributed by atoms with Gasteiger partial charge in [-0.2, -0.15) is 0 Å². The Morgan fingerprint density at radius 2 is 2.29 bits per heavy atom. The van der Waals surface area contributed by atoms with Gasteiger partial charge in [0, 0.05) is 5.56 Å². The number of carbonyl (C=O) groups excluding carboxylic acids is 1. The number of nitrogens with zero attached hydrogens (tertiary/aromatic N) is 1. The summed E-state index contributed by atoms with van der Waals surface area (Å²) in [6.07, 6.45) is 1.48. The number of halogens is 1. The molecule has 0 aliphatic rings. The van der Waals surface area contributed by atoms with Gasteiger partial charge in [-0.1, -0.05) is 17.7 Å². The first-order chi connectivity index (χ1) is 6.69. The van der Waals surface area contributed by atoms with Gasteiger partial charge >= 0.3 is 0 Å². The summed E-state index contributed by atoms with van der Waals surface area (Å²) in [4.78, 5) is 13.5. The largest absolute Gasteiger partial charge is 0.495 e. The highest BCUT2D eigenvalue weighted by molar-refractivity contribution is 6.32. The van der Waals surface area contributed by atoms with Gasteiger partial charge in [0.25, 0.3) is 0 Å². The maximum Gasteiger partial charge on any atom is 0.235 e. The fraction of sp³-hybridized carbons (Fsp3) is 0.300. The van der Waals surface area contributed by atoms with Crippen LogP contribution in [0.15, 0.2) is 17.1 Å². The predicted molar refractivity (Wildman–Crippen MR) is 54.6 cm³/mol. The molecule has 0 aliphatic carbocycles. The van der Waals surface area contributed by atoms with E-state index in [0.29, 0.717) is 10.8 Å². The van der Waals surface area contributed by atoms with E-state index in [0.717, 1.165) is 11.1 Å². The third-order valence-corrected chi connectivity index (χ3v) is 2.06. The van der Waals surface area contributed by atoms with Crippen molar-refractivity contribution in [3.05, 3.63) is 28.3 Å². The molecule has 3 nitrogen and oxygen atoms in total. The summed E-state index contributed by atoms with van der Waals surface area (Å²) in [5.74, 6) is 0.566. The Hall–Kier alpha value is -1.31. The number of isocyanates is 1. The Labute approximate surface area is 87.4 Å². The molecule has 14 heavy (non-hydrogen) atoms. The number of aliphatic imine (C=N–C) groups is 1. The number of aryl methyl sites for hydroxylation is 1. The average molecular weight is 212 g/mol. The minimum atomic E-state index is 0.244. The second kappa shape index (κ2) is 4.80. The molecule has 74 valence electrons. The van der Waals surface area contributed by atoms with Crippen LogP contribution in [0.4, 0.5) is 0 Å². The summed E-state index contributed by atoms with van der Waals surface area (Å²) in [5.41, 5.74) is 1.80. The minimum Gasteiger partial charge on any atom is -0.495 e. The Balaban J connectivity index is 3.17. The number of hydrogen-bond acceptors (Lipinski definition) is 3. The Morgan fingerprint density at radius 1 is 1.57 bits per heavy atom. The third-order valence-electron chi connectivity index (χ3n) is 1.78. The van der Waals surface area contributed by atoms with E-state index in [4.69, 9.17) is 16.3 Å². The van der Waals surface area contributed by atoms with Gasteiger partial charge in [-0.25, -0.2) is 9.79 Å². The molecule has 1 rings (SSSR count). The molecule has 0 atom stereocenters. The fourth-order valence-electron chi connectivity index (χ4n) is 1.26. The summed E-state index contributed by atoms with van der Waals surface area (Å²) < 4.78 is 5.11. The van der Waals surface area contributed by atoms with Crippen LogP contribution in [0.25, 0.3) is 0 Å². The zero-order valence-electron chi connectivity index (χ0n) is 8.00. The monoisotopic (exact) mass is 211 g/mol. The summed E-state index contributed by atoms with van der Waals surface area (Å²) in [5, 5.41) is 0.531. The van der Waals surface area contributed by atoms with Gasteiger partial charge in [-0.15, -0.1) is 0 Å². The molecule has 0 spiro atoms. The Bertz CT molecular complexity index is 384. The number of ether oxygens (including phenoxy) is 1.